The molecule has 0 spiro atoms. The Morgan fingerprint density at radius 3 is 2.76 bits per heavy atom. The third-order valence-electron chi connectivity index (χ3n) is 3.15. The van der Waals surface area contributed by atoms with Gasteiger partial charge in [0.05, 0.1) is 12.0 Å². The van der Waals surface area contributed by atoms with Crippen molar-refractivity contribution < 1.29 is 4.74 Å². The van der Waals surface area contributed by atoms with Crippen LogP contribution in [-0.4, -0.2) is 30.2 Å². The van der Waals surface area contributed by atoms with Gasteiger partial charge in [0.15, 0.2) is 5.82 Å². The van der Waals surface area contributed by atoms with Crippen molar-refractivity contribution >= 4 is 27.4 Å². The van der Waals surface area contributed by atoms with Gasteiger partial charge < -0.3 is 10.1 Å². The molecule has 0 aliphatic heterocycles. The third kappa shape index (κ3) is 3.04. The predicted molar refractivity (Wildman–Crippen MR) is 88.0 cm³/mol. The van der Waals surface area contributed by atoms with E-state index in [-0.39, 0.29) is 0 Å². The van der Waals surface area contributed by atoms with Gasteiger partial charge in [-0.1, -0.05) is 30.3 Å². The van der Waals surface area contributed by atoms with Gasteiger partial charge in [-0.05, 0) is 13.0 Å². The fourth-order valence-corrected chi connectivity index (χ4v) is 3.04. The van der Waals surface area contributed by atoms with E-state index in [0.717, 1.165) is 34.0 Å². The molecule has 0 unspecified atom stereocenters. The molecule has 0 aliphatic carbocycles. The molecule has 0 bridgehead atoms. The number of methoxy groups -OCH3 is 1. The Kier molecular flexibility index (Phi) is 4.13. The first kappa shape index (κ1) is 14.0. The van der Waals surface area contributed by atoms with Crippen molar-refractivity contribution in [3.63, 3.8) is 0 Å². The summed E-state index contributed by atoms with van der Waals surface area (Å²) in [5, 5.41) is 4.42. The second kappa shape index (κ2) is 6.20. The van der Waals surface area contributed by atoms with Gasteiger partial charge in [-0.25, -0.2) is 9.97 Å². The molecule has 21 heavy (non-hydrogen) atoms. The van der Waals surface area contributed by atoms with E-state index in [9.17, 15) is 0 Å². The van der Waals surface area contributed by atoms with Crippen LogP contribution in [0.25, 0.3) is 21.6 Å². The Hall–Kier alpha value is -1.98. The molecular formula is C16H17N3OS. The van der Waals surface area contributed by atoms with Crippen molar-refractivity contribution in [1.82, 2.24) is 9.97 Å². The summed E-state index contributed by atoms with van der Waals surface area (Å²) in [6, 6.07) is 12.2. The van der Waals surface area contributed by atoms with Crippen molar-refractivity contribution in [2.75, 3.05) is 25.6 Å². The fraction of sp³-hybridized carbons (Fsp3) is 0.250. The quantitative estimate of drug-likeness (QED) is 0.729. The molecule has 3 rings (SSSR count). The Balaban J connectivity index is 2.06. The summed E-state index contributed by atoms with van der Waals surface area (Å²) < 4.78 is 5.09. The number of benzene rings is 1. The highest BCUT2D eigenvalue weighted by atomic mass is 32.1. The Labute approximate surface area is 127 Å². The molecule has 0 saturated heterocycles. The minimum absolute atomic E-state index is 0.648. The van der Waals surface area contributed by atoms with E-state index in [1.165, 1.54) is 4.88 Å². The zero-order chi connectivity index (χ0) is 14.7. The number of nitrogens with zero attached hydrogens (tertiary/aromatic N) is 2. The number of thiophene rings is 1. The van der Waals surface area contributed by atoms with Gasteiger partial charge >= 0.3 is 0 Å². The van der Waals surface area contributed by atoms with E-state index in [1.807, 2.05) is 30.3 Å². The van der Waals surface area contributed by atoms with Crippen LogP contribution in [0.3, 0.4) is 0 Å². The monoisotopic (exact) mass is 299 g/mol. The van der Waals surface area contributed by atoms with Crippen molar-refractivity contribution in [1.29, 1.82) is 0 Å². The molecule has 108 valence electrons. The van der Waals surface area contributed by atoms with Gasteiger partial charge in [0.1, 0.15) is 10.6 Å². The average Bonchev–Trinajstić information content (AvgIpc) is 2.88. The van der Waals surface area contributed by atoms with Gasteiger partial charge in [-0.15, -0.1) is 11.3 Å². The van der Waals surface area contributed by atoms with E-state index in [1.54, 1.807) is 18.4 Å². The molecule has 0 fully saturated rings. The smallest absolute Gasteiger partial charge is 0.163 e. The standard InChI is InChI=1S/C16H17N3OS/c1-11-10-13-15(17-8-9-20-2)18-14(19-16(13)21-11)12-6-4-3-5-7-12/h3-7,10H,8-9H2,1-2H3,(H,17,18,19). The van der Waals surface area contributed by atoms with E-state index in [4.69, 9.17) is 9.72 Å². The van der Waals surface area contributed by atoms with Crippen molar-refractivity contribution in [2.45, 2.75) is 6.92 Å². The minimum Gasteiger partial charge on any atom is -0.383 e. The normalized spacial score (nSPS) is 11.0. The molecule has 2 heterocycles. The first-order chi connectivity index (χ1) is 10.3. The third-order valence-corrected chi connectivity index (χ3v) is 4.09. The Bertz CT molecular complexity index is 740. The summed E-state index contributed by atoms with van der Waals surface area (Å²) in [6.07, 6.45) is 0. The van der Waals surface area contributed by atoms with Gasteiger partial charge in [-0.3, -0.25) is 0 Å². The van der Waals surface area contributed by atoms with Crippen LogP contribution in [0, 0.1) is 6.92 Å². The first-order valence-electron chi connectivity index (χ1n) is 6.84. The predicted octanol–water partition coefficient (Wildman–Crippen LogP) is 3.73. The number of rotatable bonds is 5. The largest absolute Gasteiger partial charge is 0.383 e. The Morgan fingerprint density at radius 1 is 1.19 bits per heavy atom. The van der Waals surface area contributed by atoms with Gasteiger partial charge in [0.25, 0.3) is 0 Å². The van der Waals surface area contributed by atoms with E-state index in [2.05, 4.69) is 23.3 Å². The molecule has 0 radical (unpaired) electrons. The molecule has 1 aromatic carbocycles. The molecule has 2 aromatic heterocycles. The van der Waals surface area contributed by atoms with Crippen LogP contribution in [0.15, 0.2) is 36.4 Å². The van der Waals surface area contributed by atoms with Crippen molar-refractivity contribution in [2.24, 2.45) is 0 Å². The Morgan fingerprint density at radius 2 is 2.00 bits per heavy atom. The summed E-state index contributed by atoms with van der Waals surface area (Å²) >= 11 is 1.69. The lowest BCUT2D eigenvalue weighted by molar-refractivity contribution is 0.210. The highest BCUT2D eigenvalue weighted by Gasteiger charge is 2.11. The number of hydrogen-bond donors (Lipinski definition) is 1. The molecular weight excluding hydrogens is 282 g/mol. The molecule has 4 nitrogen and oxygen atoms in total. The maximum Gasteiger partial charge on any atom is 0.163 e. The number of anilines is 1. The van der Waals surface area contributed by atoms with Crippen molar-refractivity contribution in [3.05, 3.63) is 41.3 Å². The van der Waals surface area contributed by atoms with Crippen LogP contribution in [0.5, 0.6) is 0 Å². The van der Waals surface area contributed by atoms with Crippen LogP contribution < -0.4 is 5.32 Å². The highest BCUT2D eigenvalue weighted by Crippen LogP contribution is 2.30. The molecule has 3 aromatic rings. The number of nitrogens with one attached hydrogen (secondary N) is 1. The zero-order valence-electron chi connectivity index (χ0n) is 12.1. The van der Waals surface area contributed by atoms with E-state index in [0.29, 0.717) is 6.61 Å². The van der Waals surface area contributed by atoms with E-state index < -0.39 is 0 Å². The number of fused-ring (bicyclic) bond motifs is 1. The van der Waals surface area contributed by atoms with Crippen LogP contribution in [-0.2, 0) is 4.74 Å². The van der Waals surface area contributed by atoms with Crippen LogP contribution >= 0.6 is 11.3 Å². The number of aromatic nitrogens is 2. The second-order valence-electron chi connectivity index (χ2n) is 4.76. The average molecular weight is 299 g/mol. The number of ether oxygens (including phenoxy) is 1. The zero-order valence-corrected chi connectivity index (χ0v) is 12.9. The molecule has 1 N–H and O–H groups in total. The van der Waals surface area contributed by atoms with Gasteiger partial charge in [0, 0.05) is 24.1 Å². The molecule has 5 heteroatoms. The van der Waals surface area contributed by atoms with Crippen LogP contribution in [0.1, 0.15) is 4.88 Å². The van der Waals surface area contributed by atoms with Gasteiger partial charge in [0.2, 0.25) is 0 Å². The molecule has 0 atom stereocenters. The van der Waals surface area contributed by atoms with Crippen LogP contribution in [0.4, 0.5) is 5.82 Å². The topological polar surface area (TPSA) is 47.0 Å². The lowest BCUT2D eigenvalue weighted by Gasteiger charge is -2.08. The lowest BCUT2D eigenvalue weighted by Crippen LogP contribution is -2.09. The summed E-state index contributed by atoms with van der Waals surface area (Å²) in [5.74, 6) is 1.63. The maximum absolute atomic E-state index is 5.09. The molecule has 0 saturated carbocycles. The summed E-state index contributed by atoms with van der Waals surface area (Å²) in [6.45, 7) is 3.47. The van der Waals surface area contributed by atoms with Crippen molar-refractivity contribution in [3.8, 4) is 11.4 Å². The fourth-order valence-electron chi connectivity index (χ4n) is 2.16. The summed E-state index contributed by atoms with van der Waals surface area (Å²) in [4.78, 5) is 11.6. The minimum atomic E-state index is 0.648. The van der Waals surface area contributed by atoms with Crippen LogP contribution in [0.2, 0.25) is 0 Å². The highest BCUT2D eigenvalue weighted by molar-refractivity contribution is 7.18. The summed E-state index contributed by atoms with van der Waals surface area (Å²) in [7, 11) is 1.70. The van der Waals surface area contributed by atoms with E-state index >= 15 is 0 Å². The number of aryl methyl sites for hydroxylation is 1. The SMILES string of the molecule is COCCNc1nc(-c2ccccc2)nc2sc(C)cc12. The van der Waals surface area contributed by atoms with Gasteiger partial charge in [-0.2, -0.15) is 0 Å². The summed E-state index contributed by atoms with van der Waals surface area (Å²) in [5.41, 5.74) is 1.03. The lowest BCUT2D eigenvalue weighted by atomic mass is 10.2. The second-order valence-corrected chi connectivity index (χ2v) is 5.99. The molecule has 0 amide bonds. The molecule has 0 aliphatic rings. The number of hydrogen-bond acceptors (Lipinski definition) is 5. The maximum atomic E-state index is 5.09. The first-order valence-corrected chi connectivity index (χ1v) is 7.66.